The van der Waals surface area contributed by atoms with E-state index in [4.69, 9.17) is 4.42 Å². The lowest BCUT2D eigenvalue weighted by molar-refractivity contribution is -0.129. The van der Waals surface area contributed by atoms with Crippen LogP contribution in [0.25, 0.3) is 11.1 Å². The summed E-state index contributed by atoms with van der Waals surface area (Å²) < 4.78 is 6.51. The topological polar surface area (TPSA) is 67.5 Å². The molecule has 2 rings (SSSR count). The molecule has 0 aliphatic carbocycles. The Balaban J connectivity index is 2.24. The molecule has 2 aromatic rings. The molecule has 19 heavy (non-hydrogen) atoms. The van der Waals surface area contributed by atoms with Crippen LogP contribution >= 0.6 is 0 Å². The second-order valence-electron chi connectivity index (χ2n) is 4.51. The van der Waals surface area contributed by atoms with E-state index in [1.165, 1.54) is 4.57 Å². The summed E-state index contributed by atoms with van der Waals surface area (Å²) >= 11 is 0. The van der Waals surface area contributed by atoms with Crippen LogP contribution in [-0.2, 0) is 18.4 Å². The third-order valence-electron chi connectivity index (χ3n) is 3.03. The number of carbonyl (C=O) groups is 1. The number of nitrogens with zero attached hydrogens (tertiary/aromatic N) is 2. The van der Waals surface area contributed by atoms with E-state index in [-0.39, 0.29) is 11.7 Å². The fourth-order valence-corrected chi connectivity index (χ4v) is 1.92. The summed E-state index contributed by atoms with van der Waals surface area (Å²) in [6.45, 7) is 0.804. The zero-order valence-electron chi connectivity index (χ0n) is 11.3. The largest absolute Gasteiger partial charge is 0.419 e. The van der Waals surface area contributed by atoms with E-state index in [1.807, 2.05) is 12.1 Å². The highest BCUT2D eigenvalue weighted by atomic mass is 16.4. The number of amides is 1. The minimum Gasteiger partial charge on any atom is -0.408 e. The minimum atomic E-state index is -0.383. The lowest BCUT2D eigenvalue weighted by Crippen LogP contribution is -2.33. The van der Waals surface area contributed by atoms with Gasteiger partial charge in [-0.3, -0.25) is 9.36 Å². The Morgan fingerprint density at radius 1 is 1.47 bits per heavy atom. The van der Waals surface area contributed by atoms with E-state index in [1.54, 1.807) is 32.1 Å². The summed E-state index contributed by atoms with van der Waals surface area (Å²) in [7, 11) is 5.14. The van der Waals surface area contributed by atoms with E-state index in [9.17, 15) is 9.59 Å². The first-order valence-corrected chi connectivity index (χ1v) is 6.00. The molecular formula is C13H17N3O3. The van der Waals surface area contributed by atoms with Gasteiger partial charge in [0.2, 0.25) is 5.91 Å². The van der Waals surface area contributed by atoms with E-state index in [0.717, 1.165) is 11.1 Å². The Labute approximate surface area is 110 Å². The fraction of sp³-hybridized carbons (Fsp3) is 0.385. The number of nitrogens with one attached hydrogen (secondary N) is 1. The van der Waals surface area contributed by atoms with Crippen LogP contribution in [0, 0.1) is 0 Å². The molecule has 0 saturated heterocycles. The minimum absolute atomic E-state index is 0.0173. The van der Waals surface area contributed by atoms with Gasteiger partial charge in [-0.2, -0.15) is 0 Å². The highest BCUT2D eigenvalue weighted by Gasteiger charge is 2.10. The van der Waals surface area contributed by atoms with Gasteiger partial charge >= 0.3 is 5.76 Å². The molecule has 6 nitrogen and oxygen atoms in total. The molecule has 1 aromatic carbocycles. The van der Waals surface area contributed by atoms with Crippen molar-refractivity contribution < 1.29 is 9.21 Å². The Morgan fingerprint density at radius 2 is 2.21 bits per heavy atom. The van der Waals surface area contributed by atoms with Crippen molar-refractivity contribution in [1.82, 2.24) is 14.8 Å². The maximum Gasteiger partial charge on any atom is 0.419 e. The molecule has 0 saturated carbocycles. The molecule has 1 amide bonds. The standard InChI is InChI=1S/C13H17N3O3/c1-14-7-12(17)15(2)8-9-4-5-11-10(6-9)16(3)13(18)19-11/h4-6,14H,7-8H2,1-3H3. The number of likely N-dealkylation sites (N-methyl/N-ethyl adjacent to an activating group) is 2. The van der Waals surface area contributed by atoms with Crippen LogP contribution in [0.2, 0.25) is 0 Å². The first kappa shape index (κ1) is 13.4. The molecule has 6 heteroatoms. The monoisotopic (exact) mass is 263 g/mol. The molecule has 102 valence electrons. The van der Waals surface area contributed by atoms with E-state index in [0.29, 0.717) is 18.7 Å². The summed E-state index contributed by atoms with van der Waals surface area (Å²) in [4.78, 5) is 24.7. The molecule has 0 aliphatic heterocycles. The Kier molecular flexibility index (Phi) is 3.71. The van der Waals surface area contributed by atoms with Crippen molar-refractivity contribution in [2.75, 3.05) is 20.6 Å². The SMILES string of the molecule is CNCC(=O)N(C)Cc1ccc2oc(=O)n(C)c2c1. The van der Waals surface area contributed by atoms with Gasteiger partial charge in [0, 0.05) is 20.6 Å². The Hall–Kier alpha value is -2.08. The number of hydrogen-bond donors (Lipinski definition) is 1. The van der Waals surface area contributed by atoms with Gasteiger partial charge in [-0.1, -0.05) is 6.07 Å². The number of rotatable bonds is 4. The average molecular weight is 263 g/mol. The maximum atomic E-state index is 11.7. The third kappa shape index (κ3) is 2.68. The lowest BCUT2D eigenvalue weighted by Gasteiger charge is -2.17. The van der Waals surface area contributed by atoms with Crippen molar-refractivity contribution >= 4 is 17.0 Å². The van der Waals surface area contributed by atoms with Crippen molar-refractivity contribution in [3.8, 4) is 0 Å². The summed E-state index contributed by atoms with van der Waals surface area (Å²) in [5.41, 5.74) is 2.24. The van der Waals surface area contributed by atoms with Crippen LogP contribution < -0.4 is 11.1 Å². The Bertz CT molecular complexity index is 657. The van der Waals surface area contributed by atoms with Crippen LogP contribution in [0.5, 0.6) is 0 Å². The molecule has 1 aromatic heterocycles. The summed E-state index contributed by atoms with van der Waals surface area (Å²) in [6.07, 6.45) is 0. The number of benzene rings is 1. The predicted molar refractivity (Wildman–Crippen MR) is 71.9 cm³/mol. The quantitative estimate of drug-likeness (QED) is 0.862. The van der Waals surface area contributed by atoms with Gasteiger partial charge in [-0.25, -0.2) is 4.79 Å². The number of aryl methyl sites for hydroxylation is 1. The second-order valence-corrected chi connectivity index (χ2v) is 4.51. The lowest BCUT2D eigenvalue weighted by atomic mass is 10.2. The Morgan fingerprint density at radius 3 is 2.89 bits per heavy atom. The summed E-state index contributed by atoms with van der Waals surface area (Å²) in [5, 5.41) is 2.82. The van der Waals surface area contributed by atoms with E-state index < -0.39 is 0 Å². The van der Waals surface area contributed by atoms with Crippen LogP contribution in [0.15, 0.2) is 27.4 Å². The predicted octanol–water partition coefficient (Wildman–Crippen LogP) is 0.309. The zero-order valence-corrected chi connectivity index (χ0v) is 11.3. The maximum absolute atomic E-state index is 11.7. The highest BCUT2D eigenvalue weighted by molar-refractivity contribution is 5.78. The molecule has 0 atom stereocenters. The van der Waals surface area contributed by atoms with Crippen LogP contribution in [0.3, 0.4) is 0 Å². The highest BCUT2D eigenvalue weighted by Crippen LogP contribution is 2.15. The molecule has 0 radical (unpaired) electrons. The zero-order chi connectivity index (χ0) is 14.0. The normalized spacial score (nSPS) is 10.9. The fourth-order valence-electron chi connectivity index (χ4n) is 1.92. The average Bonchev–Trinajstić information content (AvgIpc) is 2.66. The van der Waals surface area contributed by atoms with Crippen LogP contribution in [0.1, 0.15) is 5.56 Å². The molecule has 0 spiro atoms. The molecule has 1 N–H and O–H groups in total. The number of oxazole rings is 1. The van der Waals surface area contributed by atoms with Gasteiger partial charge in [0.1, 0.15) is 0 Å². The molecule has 0 unspecified atom stereocenters. The number of carbonyl (C=O) groups excluding carboxylic acids is 1. The third-order valence-corrected chi connectivity index (χ3v) is 3.03. The van der Waals surface area contributed by atoms with Crippen molar-refractivity contribution in [3.63, 3.8) is 0 Å². The van der Waals surface area contributed by atoms with Gasteiger partial charge in [0.15, 0.2) is 5.58 Å². The second kappa shape index (κ2) is 5.27. The summed E-state index contributed by atoms with van der Waals surface area (Å²) in [5.74, 6) is -0.365. The molecule has 0 aliphatic rings. The van der Waals surface area contributed by atoms with Crippen LogP contribution in [0.4, 0.5) is 0 Å². The van der Waals surface area contributed by atoms with Crippen molar-refractivity contribution in [2.24, 2.45) is 7.05 Å². The first-order valence-electron chi connectivity index (χ1n) is 6.00. The van der Waals surface area contributed by atoms with Crippen molar-refractivity contribution in [1.29, 1.82) is 0 Å². The van der Waals surface area contributed by atoms with Crippen molar-refractivity contribution in [2.45, 2.75) is 6.54 Å². The van der Waals surface area contributed by atoms with Gasteiger partial charge in [-0.15, -0.1) is 0 Å². The molecule has 0 fully saturated rings. The van der Waals surface area contributed by atoms with E-state index >= 15 is 0 Å². The number of hydrogen-bond acceptors (Lipinski definition) is 4. The smallest absolute Gasteiger partial charge is 0.408 e. The van der Waals surface area contributed by atoms with Gasteiger partial charge < -0.3 is 14.6 Å². The van der Waals surface area contributed by atoms with Crippen LogP contribution in [-0.4, -0.2) is 36.0 Å². The number of fused-ring (bicyclic) bond motifs is 1. The molecule has 1 heterocycles. The van der Waals surface area contributed by atoms with Crippen molar-refractivity contribution in [3.05, 3.63) is 34.3 Å². The molecular weight excluding hydrogens is 246 g/mol. The van der Waals surface area contributed by atoms with Gasteiger partial charge in [-0.05, 0) is 24.7 Å². The van der Waals surface area contributed by atoms with E-state index in [2.05, 4.69) is 5.32 Å². The number of aromatic nitrogens is 1. The van der Waals surface area contributed by atoms with Gasteiger partial charge in [0.25, 0.3) is 0 Å². The first-order chi connectivity index (χ1) is 9.02. The summed E-state index contributed by atoms with van der Waals surface area (Å²) in [6, 6.07) is 5.47. The molecule has 0 bridgehead atoms. The van der Waals surface area contributed by atoms with Gasteiger partial charge in [0.05, 0.1) is 12.1 Å².